The smallest absolute Gasteiger partial charge is 0.265 e. The van der Waals surface area contributed by atoms with Crippen LogP contribution in [0.25, 0.3) is 22.6 Å². The maximum absolute atomic E-state index is 14.7. The quantitative estimate of drug-likeness (QED) is 0.552. The van der Waals surface area contributed by atoms with Gasteiger partial charge in [0.1, 0.15) is 0 Å². The lowest BCUT2D eigenvalue weighted by molar-refractivity contribution is -0.130. The second-order valence-corrected chi connectivity index (χ2v) is 7.32. The van der Waals surface area contributed by atoms with E-state index in [0.29, 0.717) is 11.3 Å². The molecule has 2 N–H and O–H groups in total. The van der Waals surface area contributed by atoms with Crippen LogP contribution in [0.2, 0.25) is 0 Å². The van der Waals surface area contributed by atoms with Gasteiger partial charge in [0.25, 0.3) is 5.91 Å². The summed E-state index contributed by atoms with van der Waals surface area (Å²) in [6, 6.07) is 3.16. The highest BCUT2D eigenvalue weighted by atomic mass is 19.1. The van der Waals surface area contributed by atoms with E-state index >= 15 is 0 Å². The normalized spacial score (nSPS) is 15.6. The third-order valence-electron chi connectivity index (χ3n) is 4.99. The first-order valence-electron chi connectivity index (χ1n) is 9.06. The fourth-order valence-corrected chi connectivity index (χ4v) is 3.38. The Morgan fingerprint density at radius 2 is 1.97 bits per heavy atom. The average Bonchev–Trinajstić information content (AvgIpc) is 3.22. The third kappa shape index (κ3) is 2.83. The van der Waals surface area contributed by atoms with Crippen LogP contribution in [0.4, 0.5) is 14.6 Å². The maximum atomic E-state index is 14.7. The third-order valence-corrected chi connectivity index (χ3v) is 4.99. The van der Waals surface area contributed by atoms with E-state index in [-0.39, 0.29) is 24.6 Å². The summed E-state index contributed by atoms with van der Waals surface area (Å²) in [7, 11) is 0. The van der Waals surface area contributed by atoms with Crippen LogP contribution in [0, 0.1) is 19.7 Å². The van der Waals surface area contributed by atoms with E-state index in [0.717, 1.165) is 16.9 Å². The van der Waals surface area contributed by atoms with Crippen molar-refractivity contribution in [3.8, 4) is 11.3 Å². The van der Waals surface area contributed by atoms with Gasteiger partial charge < -0.3 is 15.0 Å². The second-order valence-electron chi connectivity index (χ2n) is 7.32. The molecule has 10 heteroatoms. The van der Waals surface area contributed by atoms with Gasteiger partial charge in [-0.25, -0.2) is 23.3 Å². The summed E-state index contributed by atoms with van der Waals surface area (Å²) < 4.78 is 32.0. The fraction of sp³-hybridized carbons (Fsp3) is 0.263. The molecule has 8 nitrogen and oxygen atoms in total. The number of rotatable bonds is 3. The Hall–Kier alpha value is -3.40. The molecular formula is C19H17F2N7O. The zero-order valence-corrected chi connectivity index (χ0v) is 15.7. The molecule has 1 aliphatic rings. The number of aryl methyl sites for hydroxylation is 2. The minimum Gasteiger partial charge on any atom is -0.309 e. The Morgan fingerprint density at radius 1 is 1.17 bits per heavy atom. The van der Waals surface area contributed by atoms with Crippen LogP contribution in [0.5, 0.6) is 0 Å². The maximum Gasteiger partial charge on any atom is 0.265 e. The molecule has 0 unspecified atom stereocenters. The van der Waals surface area contributed by atoms with Crippen LogP contribution in [-0.4, -0.2) is 48.6 Å². The fourth-order valence-electron chi connectivity index (χ4n) is 3.38. The molecule has 1 amide bonds. The van der Waals surface area contributed by atoms with Crippen molar-refractivity contribution in [3.05, 3.63) is 47.8 Å². The van der Waals surface area contributed by atoms with E-state index in [4.69, 9.17) is 0 Å². The predicted octanol–water partition coefficient (Wildman–Crippen LogP) is 2.05. The van der Waals surface area contributed by atoms with Gasteiger partial charge in [-0.1, -0.05) is 0 Å². The lowest BCUT2D eigenvalue weighted by atomic mass is 9.99. The topological polar surface area (TPSA) is 88.6 Å². The van der Waals surface area contributed by atoms with Gasteiger partial charge >= 0.3 is 0 Å². The van der Waals surface area contributed by atoms with Gasteiger partial charge in [-0.05, 0) is 31.5 Å². The Labute approximate surface area is 163 Å². The number of nitrogens with one attached hydrogen (secondary N) is 2. The molecule has 1 aliphatic heterocycles. The van der Waals surface area contributed by atoms with Crippen molar-refractivity contribution >= 4 is 23.0 Å². The van der Waals surface area contributed by atoms with Crippen molar-refractivity contribution < 1.29 is 13.6 Å². The summed E-state index contributed by atoms with van der Waals surface area (Å²) in [6.07, 6.45) is 4.91. The van der Waals surface area contributed by atoms with Gasteiger partial charge in [-0.3, -0.25) is 4.79 Å². The Morgan fingerprint density at radius 3 is 2.69 bits per heavy atom. The molecule has 1 fully saturated rings. The van der Waals surface area contributed by atoms with Crippen LogP contribution >= 0.6 is 0 Å². The Balaban J connectivity index is 1.53. The molecule has 4 aromatic rings. The van der Waals surface area contributed by atoms with Gasteiger partial charge in [0.05, 0.1) is 23.8 Å². The highest BCUT2D eigenvalue weighted by Crippen LogP contribution is 2.25. The summed E-state index contributed by atoms with van der Waals surface area (Å²) in [6.45, 7) is 3.69. The highest BCUT2D eigenvalue weighted by Gasteiger charge is 2.45. The minimum atomic E-state index is -1.96. The highest BCUT2D eigenvalue weighted by molar-refractivity contribution is 5.98. The monoisotopic (exact) mass is 397 g/mol. The molecule has 0 spiro atoms. The molecule has 0 radical (unpaired) electrons. The van der Waals surface area contributed by atoms with E-state index in [1.54, 1.807) is 16.9 Å². The first-order chi connectivity index (χ1) is 13.8. The number of imidazole rings is 2. The molecule has 0 saturated carbocycles. The molecule has 5 heterocycles. The van der Waals surface area contributed by atoms with E-state index in [1.807, 2.05) is 19.9 Å². The average molecular weight is 397 g/mol. The van der Waals surface area contributed by atoms with E-state index in [9.17, 15) is 13.6 Å². The first-order valence-corrected chi connectivity index (χ1v) is 9.06. The number of hydrogen-bond acceptors (Lipinski definition) is 5. The van der Waals surface area contributed by atoms with Crippen LogP contribution < -0.4 is 10.6 Å². The molecule has 0 aromatic carbocycles. The van der Waals surface area contributed by atoms with Crippen molar-refractivity contribution in [2.75, 3.05) is 18.4 Å². The summed E-state index contributed by atoms with van der Waals surface area (Å²) in [4.78, 5) is 20.5. The number of nitrogens with zero attached hydrogens (tertiary/aromatic N) is 5. The van der Waals surface area contributed by atoms with E-state index in [1.165, 1.54) is 16.7 Å². The number of alkyl halides is 1. The number of aromatic nitrogens is 5. The Kier molecular flexibility index (Phi) is 3.69. The number of carbonyl (C=O) groups is 1. The lowest BCUT2D eigenvalue weighted by Gasteiger charge is -2.32. The zero-order valence-electron chi connectivity index (χ0n) is 15.7. The number of anilines is 1. The number of carbonyl (C=O) groups excluding carboxylic acids is 1. The summed E-state index contributed by atoms with van der Waals surface area (Å²) >= 11 is 0. The molecule has 148 valence electrons. The van der Waals surface area contributed by atoms with Crippen LogP contribution in [0.15, 0.2) is 30.7 Å². The van der Waals surface area contributed by atoms with Crippen molar-refractivity contribution in [2.24, 2.45) is 0 Å². The van der Waals surface area contributed by atoms with Crippen molar-refractivity contribution in [3.63, 3.8) is 0 Å². The standard InChI is InChI=1S/C19H17F2N7O/c1-10-3-14(26-28-5-11(2)23-16(10)28)12-4-13(20)17-24-15(7-27(17)6-12)25-18(29)19(21)8-22-9-19/h3-7,22H,8-9H2,1-2H3,(H,25,29). The summed E-state index contributed by atoms with van der Waals surface area (Å²) in [5.74, 6) is -1.29. The van der Waals surface area contributed by atoms with Crippen molar-refractivity contribution in [1.29, 1.82) is 0 Å². The number of hydrogen-bond donors (Lipinski definition) is 2. The lowest BCUT2D eigenvalue weighted by Crippen LogP contribution is -2.62. The van der Waals surface area contributed by atoms with E-state index in [2.05, 4.69) is 25.7 Å². The number of halogens is 2. The Bertz CT molecular complexity index is 1290. The minimum absolute atomic E-state index is 0.0277. The zero-order chi connectivity index (χ0) is 20.3. The van der Waals surface area contributed by atoms with Gasteiger partial charge in [-0.2, -0.15) is 5.10 Å². The van der Waals surface area contributed by atoms with Crippen LogP contribution in [0.3, 0.4) is 0 Å². The van der Waals surface area contributed by atoms with Gasteiger partial charge in [0, 0.05) is 24.8 Å². The van der Waals surface area contributed by atoms with Gasteiger partial charge in [0.15, 0.2) is 22.9 Å². The molecule has 1 saturated heterocycles. The number of fused-ring (bicyclic) bond motifs is 2. The molecule has 4 aromatic heterocycles. The molecule has 5 rings (SSSR count). The van der Waals surface area contributed by atoms with E-state index < -0.39 is 17.4 Å². The van der Waals surface area contributed by atoms with Crippen molar-refractivity contribution in [2.45, 2.75) is 19.5 Å². The largest absolute Gasteiger partial charge is 0.309 e. The van der Waals surface area contributed by atoms with Crippen LogP contribution in [0.1, 0.15) is 11.3 Å². The molecule has 0 atom stereocenters. The van der Waals surface area contributed by atoms with Gasteiger partial charge in [0.2, 0.25) is 5.67 Å². The van der Waals surface area contributed by atoms with Crippen LogP contribution in [-0.2, 0) is 4.79 Å². The molecule has 29 heavy (non-hydrogen) atoms. The second kappa shape index (κ2) is 6.05. The summed E-state index contributed by atoms with van der Waals surface area (Å²) in [5.41, 5.74) is 1.65. The SMILES string of the molecule is Cc1cn2nc(-c3cc(F)c4nc(NC(=O)C5(F)CNC5)cn4c3)cc(C)c2n1. The first kappa shape index (κ1) is 17.7. The molecule has 0 bridgehead atoms. The predicted molar refractivity (Wildman–Crippen MR) is 102 cm³/mol. The number of amides is 1. The number of pyridine rings is 1. The molecular weight excluding hydrogens is 380 g/mol. The van der Waals surface area contributed by atoms with Gasteiger partial charge in [-0.15, -0.1) is 0 Å². The molecule has 0 aliphatic carbocycles. The van der Waals surface area contributed by atoms with Crippen molar-refractivity contribution in [1.82, 2.24) is 29.3 Å². The summed E-state index contributed by atoms with van der Waals surface area (Å²) in [5, 5.41) is 9.64.